The second-order valence-electron chi connectivity index (χ2n) is 4.40. The summed E-state index contributed by atoms with van der Waals surface area (Å²) in [5.41, 5.74) is -1.52. The zero-order chi connectivity index (χ0) is 16.4. The highest BCUT2D eigenvalue weighted by atomic mass is 16.6. The number of nitro groups is 2. The van der Waals surface area contributed by atoms with E-state index in [9.17, 15) is 25.0 Å². The zero-order valence-corrected chi connectivity index (χ0v) is 11.2. The number of hydrogen-bond acceptors (Lipinski definition) is 6. The summed E-state index contributed by atoms with van der Waals surface area (Å²) in [6.45, 7) is 1.56. The van der Waals surface area contributed by atoms with Crippen molar-refractivity contribution in [2.75, 3.05) is 0 Å². The molecule has 0 saturated heterocycles. The first-order valence-electron chi connectivity index (χ1n) is 5.92. The third-order valence-electron chi connectivity index (χ3n) is 2.96. The van der Waals surface area contributed by atoms with Gasteiger partial charge in [0.15, 0.2) is 0 Å². The van der Waals surface area contributed by atoms with E-state index in [0.29, 0.717) is 5.69 Å². The van der Waals surface area contributed by atoms with E-state index in [4.69, 9.17) is 5.26 Å². The van der Waals surface area contributed by atoms with Gasteiger partial charge in [-0.25, -0.2) is 0 Å². The van der Waals surface area contributed by atoms with Crippen LogP contribution in [0, 0.1) is 38.5 Å². The maximum atomic E-state index is 11.8. The molecule has 1 aromatic carbocycles. The maximum Gasteiger partial charge on any atom is 0.284 e. The van der Waals surface area contributed by atoms with E-state index in [1.165, 1.54) is 6.07 Å². The van der Waals surface area contributed by atoms with E-state index >= 15 is 0 Å². The van der Waals surface area contributed by atoms with Crippen molar-refractivity contribution in [2.24, 2.45) is 0 Å². The monoisotopic (exact) mass is 300 g/mol. The van der Waals surface area contributed by atoms with E-state index in [0.717, 1.165) is 18.2 Å². The van der Waals surface area contributed by atoms with Crippen LogP contribution >= 0.6 is 0 Å². The van der Waals surface area contributed by atoms with E-state index in [1.807, 2.05) is 0 Å². The molecular formula is C13H8N4O5. The van der Waals surface area contributed by atoms with E-state index < -0.39 is 26.8 Å². The SMILES string of the molecule is Cc1cc(-c2ccc([N+](=O)[O-])cc2[N+](=O)[O-])c(C#N)c(=O)[nH]1. The fourth-order valence-electron chi connectivity index (χ4n) is 2.02. The molecule has 0 aliphatic rings. The molecule has 1 N–H and O–H groups in total. The largest absolute Gasteiger partial charge is 0.325 e. The van der Waals surface area contributed by atoms with Crippen LogP contribution in [0.25, 0.3) is 11.1 Å². The Morgan fingerprint density at radius 2 is 1.82 bits per heavy atom. The number of nitrogens with one attached hydrogen (secondary N) is 1. The molecule has 2 rings (SSSR count). The Hall–Kier alpha value is -3.54. The number of nitrogens with zero attached hydrogens (tertiary/aromatic N) is 3. The lowest BCUT2D eigenvalue weighted by Crippen LogP contribution is -2.13. The van der Waals surface area contributed by atoms with E-state index in [-0.39, 0.29) is 16.7 Å². The summed E-state index contributed by atoms with van der Waals surface area (Å²) in [6, 6.07) is 6.14. The molecule has 9 heteroatoms. The van der Waals surface area contributed by atoms with Gasteiger partial charge < -0.3 is 4.98 Å². The lowest BCUT2D eigenvalue weighted by atomic mass is 9.99. The van der Waals surface area contributed by atoms with Gasteiger partial charge in [0.05, 0.1) is 21.5 Å². The van der Waals surface area contributed by atoms with E-state index in [2.05, 4.69) is 4.98 Å². The minimum Gasteiger partial charge on any atom is -0.325 e. The smallest absolute Gasteiger partial charge is 0.284 e. The number of nitriles is 1. The summed E-state index contributed by atoms with van der Waals surface area (Å²) in [7, 11) is 0. The topological polar surface area (TPSA) is 143 Å². The van der Waals surface area contributed by atoms with Crippen LogP contribution in [0.4, 0.5) is 11.4 Å². The molecule has 1 aromatic heterocycles. The van der Waals surface area contributed by atoms with Crippen molar-refractivity contribution in [3.8, 4) is 17.2 Å². The van der Waals surface area contributed by atoms with Crippen LogP contribution in [0.15, 0.2) is 29.1 Å². The molecule has 0 fully saturated rings. The number of aromatic amines is 1. The highest BCUT2D eigenvalue weighted by Gasteiger charge is 2.23. The zero-order valence-electron chi connectivity index (χ0n) is 11.2. The van der Waals surface area contributed by atoms with Crippen molar-refractivity contribution in [1.82, 2.24) is 4.98 Å². The van der Waals surface area contributed by atoms with E-state index in [1.54, 1.807) is 13.0 Å². The van der Waals surface area contributed by atoms with Crippen LogP contribution in [-0.4, -0.2) is 14.8 Å². The third-order valence-corrected chi connectivity index (χ3v) is 2.96. The van der Waals surface area contributed by atoms with Gasteiger partial charge in [-0.3, -0.25) is 25.0 Å². The summed E-state index contributed by atoms with van der Waals surface area (Å²) in [5, 5.41) is 31.0. The molecule has 2 aromatic rings. The highest BCUT2D eigenvalue weighted by molar-refractivity contribution is 5.79. The first-order chi connectivity index (χ1) is 10.3. The van der Waals surface area contributed by atoms with Crippen molar-refractivity contribution in [3.05, 3.63) is 66.1 Å². The standard InChI is InChI=1S/C13H8N4O5/c1-7-4-10(11(6-14)13(18)15-7)9-3-2-8(16(19)20)5-12(9)17(21)22/h2-5H,1H3,(H,15,18). The number of aryl methyl sites for hydroxylation is 1. The molecule has 0 aliphatic heterocycles. The number of nitro benzene ring substituents is 2. The van der Waals surface area contributed by atoms with Gasteiger partial charge in [0.1, 0.15) is 11.6 Å². The second-order valence-corrected chi connectivity index (χ2v) is 4.40. The molecule has 0 unspecified atom stereocenters. The Morgan fingerprint density at radius 3 is 2.36 bits per heavy atom. The molecule has 0 spiro atoms. The minimum atomic E-state index is -0.792. The summed E-state index contributed by atoms with van der Waals surface area (Å²) in [4.78, 5) is 34.5. The number of pyridine rings is 1. The first-order valence-corrected chi connectivity index (χ1v) is 5.92. The molecule has 0 atom stereocenters. The molecule has 0 amide bonds. The number of rotatable bonds is 3. The Labute approximate surface area is 122 Å². The normalized spacial score (nSPS) is 10.0. The van der Waals surface area contributed by atoms with Crippen LogP contribution in [0.5, 0.6) is 0 Å². The second kappa shape index (κ2) is 5.45. The number of aromatic nitrogens is 1. The number of H-pyrrole nitrogens is 1. The predicted molar refractivity (Wildman–Crippen MR) is 75.3 cm³/mol. The lowest BCUT2D eigenvalue weighted by Gasteiger charge is -2.06. The Balaban J connectivity index is 2.84. The highest BCUT2D eigenvalue weighted by Crippen LogP contribution is 2.34. The van der Waals surface area contributed by atoms with Crippen molar-refractivity contribution in [3.63, 3.8) is 0 Å². The average Bonchev–Trinajstić information content (AvgIpc) is 2.45. The van der Waals surface area contributed by atoms with Crippen molar-refractivity contribution in [2.45, 2.75) is 6.92 Å². The summed E-state index contributed by atoms with van der Waals surface area (Å²) < 4.78 is 0. The molecule has 0 aliphatic carbocycles. The van der Waals surface area contributed by atoms with Crippen molar-refractivity contribution >= 4 is 11.4 Å². The molecule has 0 bridgehead atoms. The fraction of sp³-hybridized carbons (Fsp3) is 0.0769. The van der Waals surface area contributed by atoms with Gasteiger partial charge in [-0.05, 0) is 19.1 Å². The Bertz CT molecular complexity index is 894. The number of hydrogen-bond donors (Lipinski definition) is 1. The van der Waals surface area contributed by atoms with Gasteiger partial charge in [-0.1, -0.05) is 0 Å². The fourth-order valence-corrected chi connectivity index (χ4v) is 2.02. The van der Waals surface area contributed by atoms with Gasteiger partial charge in [0.25, 0.3) is 16.9 Å². The van der Waals surface area contributed by atoms with Gasteiger partial charge in [-0.2, -0.15) is 5.26 Å². The minimum absolute atomic E-state index is 0.0265. The van der Waals surface area contributed by atoms with Crippen molar-refractivity contribution in [1.29, 1.82) is 5.26 Å². The van der Waals surface area contributed by atoms with Crippen LogP contribution in [-0.2, 0) is 0 Å². The molecule has 22 heavy (non-hydrogen) atoms. The van der Waals surface area contributed by atoms with Crippen LogP contribution in [0.2, 0.25) is 0 Å². The third kappa shape index (κ3) is 2.53. The number of non-ortho nitro benzene ring substituents is 1. The molecule has 0 radical (unpaired) electrons. The molecule has 110 valence electrons. The van der Waals surface area contributed by atoms with Gasteiger partial charge >= 0.3 is 0 Å². The predicted octanol–water partition coefficient (Wildman–Crippen LogP) is 2.04. The Morgan fingerprint density at radius 1 is 1.14 bits per heavy atom. The van der Waals surface area contributed by atoms with Gasteiger partial charge in [-0.15, -0.1) is 0 Å². The van der Waals surface area contributed by atoms with Crippen LogP contribution < -0.4 is 5.56 Å². The van der Waals surface area contributed by atoms with Gasteiger partial charge in [0, 0.05) is 17.3 Å². The quantitative estimate of drug-likeness (QED) is 0.678. The van der Waals surface area contributed by atoms with Crippen LogP contribution in [0.3, 0.4) is 0 Å². The van der Waals surface area contributed by atoms with Gasteiger partial charge in [0.2, 0.25) is 0 Å². The summed E-state index contributed by atoms with van der Waals surface area (Å²) >= 11 is 0. The molecule has 0 saturated carbocycles. The first kappa shape index (κ1) is 14.9. The maximum absolute atomic E-state index is 11.8. The lowest BCUT2D eigenvalue weighted by molar-refractivity contribution is -0.393. The summed E-state index contributed by atoms with van der Waals surface area (Å²) in [5.74, 6) is 0. The average molecular weight is 300 g/mol. The molecule has 9 nitrogen and oxygen atoms in total. The Kier molecular flexibility index (Phi) is 3.68. The summed E-state index contributed by atoms with van der Waals surface area (Å²) in [6.07, 6.45) is 0. The number of benzene rings is 1. The molecular weight excluding hydrogens is 292 g/mol. The molecule has 1 heterocycles. The van der Waals surface area contributed by atoms with Crippen LogP contribution in [0.1, 0.15) is 11.3 Å². The van der Waals surface area contributed by atoms with Crippen molar-refractivity contribution < 1.29 is 9.85 Å².